The van der Waals surface area contributed by atoms with Crippen molar-refractivity contribution in [3.8, 4) is 54.6 Å². The first-order valence-corrected chi connectivity index (χ1v) is 18.0. The zero-order valence-corrected chi connectivity index (χ0v) is 28.7. The van der Waals surface area contributed by atoms with Crippen molar-refractivity contribution in [2.45, 2.75) is 26.7 Å². The van der Waals surface area contributed by atoms with Gasteiger partial charge in [-0.2, -0.15) is 0 Å². The average molecular weight is 709 g/mol. The normalized spacial score (nSPS) is 11.3. The Hall–Kier alpha value is -5.24. The molecule has 0 saturated carbocycles. The van der Waals surface area contributed by atoms with Crippen LogP contribution in [0.2, 0.25) is 0 Å². The van der Waals surface area contributed by atoms with E-state index >= 15 is 0 Å². The van der Waals surface area contributed by atoms with E-state index < -0.39 is 11.9 Å². The molecule has 13 heteroatoms. The van der Waals surface area contributed by atoms with Gasteiger partial charge in [0, 0.05) is 39.8 Å². The number of hydrogen-bond donors (Lipinski definition) is 2. The third-order valence-corrected chi connectivity index (χ3v) is 10.8. The van der Waals surface area contributed by atoms with Crippen molar-refractivity contribution in [1.29, 1.82) is 0 Å². The minimum absolute atomic E-state index is 0.0154. The van der Waals surface area contributed by atoms with Crippen LogP contribution in [0.1, 0.15) is 47.4 Å². The summed E-state index contributed by atoms with van der Waals surface area (Å²) in [5.41, 5.74) is 1.97. The van der Waals surface area contributed by atoms with Gasteiger partial charge in [-0.1, -0.05) is 13.8 Å². The predicted octanol–water partition coefficient (Wildman–Crippen LogP) is 9.40. The zero-order valence-electron chi connectivity index (χ0n) is 26.3. The Balaban J connectivity index is 1.27. The Morgan fingerprint density at radius 1 is 0.694 bits per heavy atom. The lowest BCUT2D eigenvalue weighted by atomic mass is 10.1. The number of thiophene rings is 2. The largest absolute Gasteiger partial charge is 0.491 e. The van der Waals surface area contributed by atoms with Gasteiger partial charge in [-0.3, -0.25) is 9.97 Å². The molecule has 7 rings (SSSR count). The zero-order chi connectivity index (χ0) is 34.1. The molecule has 0 aliphatic carbocycles. The van der Waals surface area contributed by atoms with Crippen LogP contribution in [0.25, 0.3) is 63.3 Å². The number of benzene rings is 1. The van der Waals surface area contributed by atoms with Crippen LogP contribution >= 0.6 is 34.0 Å². The number of carboxylic acid groups (broad SMARTS) is 2. The van der Waals surface area contributed by atoms with Crippen LogP contribution in [-0.4, -0.2) is 55.3 Å². The second kappa shape index (κ2) is 13.7. The number of fused-ring (bicyclic) bond motifs is 2. The highest BCUT2D eigenvalue weighted by Gasteiger charge is 2.22. The minimum atomic E-state index is -1.16. The molecule has 246 valence electrons. The quantitative estimate of drug-likeness (QED) is 0.126. The van der Waals surface area contributed by atoms with Gasteiger partial charge in [-0.15, -0.1) is 34.0 Å². The van der Waals surface area contributed by atoms with Crippen molar-refractivity contribution < 1.29 is 29.3 Å². The summed E-state index contributed by atoms with van der Waals surface area (Å²) in [6, 6.07) is 13.4. The number of carboxylic acids is 2. The average Bonchev–Trinajstić information content (AvgIpc) is 3.90. The van der Waals surface area contributed by atoms with Crippen LogP contribution in [0, 0.1) is 0 Å². The molecule has 0 atom stereocenters. The molecule has 0 aliphatic heterocycles. The summed E-state index contributed by atoms with van der Waals surface area (Å²) in [6.45, 7) is 5.43. The molecule has 10 nitrogen and oxygen atoms in total. The SMILES string of the molecule is CCCOc1c2cc(-c3cnc(-c4ccnc(-c5cc(C(=O)O)cc(-c6cc(C(=O)O)ccn6)n5)c4)s3)sc2c(OCCC)c2ccsc12. The topological polar surface area (TPSA) is 145 Å². The summed E-state index contributed by atoms with van der Waals surface area (Å²) in [4.78, 5) is 43.7. The number of aromatic carboxylic acids is 2. The second-order valence-corrected chi connectivity index (χ2v) is 14.0. The predicted molar refractivity (Wildman–Crippen MR) is 193 cm³/mol. The molecule has 0 unspecified atom stereocenters. The third kappa shape index (κ3) is 6.35. The lowest BCUT2D eigenvalue weighted by Gasteiger charge is -2.12. The fourth-order valence-electron chi connectivity index (χ4n) is 5.30. The van der Waals surface area contributed by atoms with Crippen molar-refractivity contribution in [2.75, 3.05) is 13.2 Å². The van der Waals surface area contributed by atoms with E-state index in [1.54, 1.807) is 28.9 Å². The lowest BCUT2D eigenvalue weighted by Crippen LogP contribution is -2.02. The summed E-state index contributed by atoms with van der Waals surface area (Å²) in [7, 11) is 0. The Morgan fingerprint density at radius 3 is 2.04 bits per heavy atom. The molecular formula is C36H28N4O6S3. The molecule has 0 aliphatic rings. The fraction of sp³-hybridized carbons (Fsp3) is 0.167. The first-order chi connectivity index (χ1) is 23.8. The molecule has 6 heterocycles. The second-order valence-electron chi connectivity index (χ2n) is 11.0. The minimum Gasteiger partial charge on any atom is -0.491 e. The standard InChI is InChI=1S/C36H28N4O6S3/c1-3-10-45-30-22-7-12-47-32(22)31(46-11-4-2)23-17-28(48-33(23)30)29-18-39-34(49-29)19-5-8-37-24(13-19)26-15-21(36(43)44)16-27(40-26)25-14-20(35(41)42)6-9-38-25/h5-9,12-18H,3-4,10-11H2,1-2H3,(H,41,42)(H,43,44). The van der Waals surface area contributed by atoms with Crippen LogP contribution in [-0.2, 0) is 0 Å². The van der Waals surface area contributed by atoms with Gasteiger partial charge in [0.05, 0.1) is 61.4 Å². The highest BCUT2D eigenvalue weighted by Crippen LogP contribution is 2.51. The molecule has 49 heavy (non-hydrogen) atoms. The Morgan fingerprint density at radius 2 is 1.35 bits per heavy atom. The molecule has 0 spiro atoms. The van der Waals surface area contributed by atoms with Crippen molar-refractivity contribution in [3.05, 3.63) is 83.6 Å². The summed E-state index contributed by atoms with van der Waals surface area (Å²) < 4.78 is 14.8. The van der Waals surface area contributed by atoms with Crippen molar-refractivity contribution in [2.24, 2.45) is 0 Å². The van der Waals surface area contributed by atoms with E-state index in [0.717, 1.165) is 64.8 Å². The first kappa shape index (κ1) is 32.3. The molecule has 7 aromatic rings. The maximum absolute atomic E-state index is 12.0. The van der Waals surface area contributed by atoms with Crippen LogP contribution in [0.4, 0.5) is 0 Å². The maximum Gasteiger partial charge on any atom is 0.335 e. The monoisotopic (exact) mass is 708 g/mol. The number of hydrogen-bond acceptors (Lipinski definition) is 11. The van der Waals surface area contributed by atoms with E-state index in [0.29, 0.717) is 24.6 Å². The maximum atomic E-state index is 12.0. The molecule has 0 radical (unpaired) electrons. The summed E-state index contributed by atoms with van der Waals surface area (Å²) in [6.07, 6.45) is 6.64. The van der Waals surface area contributed by atoms with Crippen LogP contribution < -0.4 is 9.47 Å². The number of aromatic nitrogens is 4. The number of rotatable bonds is 12. The van der Waals surface area contributed by atoms with Crippen molar-refractivity contribution >= 4 is 66.1 Å². The van der Waals surface area contributed by atoms with Gasteiger partial charge in [0.1, 0.15) is 16.5 Å². The summed E-state index contributed by atoms with van der Waals surface area (Å²) in [5.74, 6) is -0.509. The van der Waals surface area contributed by atoms with Gasteiger partial charge >= 0.3 is 11.9 Å². The van der Waals surface area contributed by atoms with Gasteiger partial charge in [0.2, 0.25) is 0 Å². The Kier molecular flexibility index (Phi) is 9.04. The molecule has 1 aromatic carbocycles. The molecule has 0 amide bonds. The molecule has 6 aromatic heterocycles. The Bertz CT molecular complexity index is 2300. The van der Waals surface area contributed by atoms with Crippen LogP contribution in [0.3, 0.4) is 0 Å². The van der Waals surface area contributed by atoms with Gasteiger partial charge in [-0.05, 0) is 66.8 Å². The number of thiazole rings is 1. The molecule has 2 N–H and O–H groups in total. The molecular weight excluding hydrogens is 681 g/mol. The van der Waals surface area contributed by atoms with E-state index in [1.807, 2.05) is 18.3 Å². The van der Waals surface area contributed by atoms with Gasteiger partial charge in [0.25, 0.3) is 0 Å². The van der Waals surface area contributed by atoms with Crippen LogP contribution in [0.15, 0.2) is 72.5 Å². The van der Waals surface area contributed by atoms with Gasteiger partial charge < -0.3 is 19.7 Å². The van der Waals surface area contributed by atoms with E-state index in [2.05, 4.69) is 46.3 Å². The van der Waals surface area contributed by atoms with E-state index in [9.17, 15) is 19.8 Å². The van der Waals surface area contributed by atoms with Crippen molar-refractivity contribution in [3.63, 3.8) is 0 Å². The molecule has 0 fully saturated rings. The Labute approximate surface area is 292 Å². The molecule has 0 saturated heterocycles. The van der Waals surface area contributed by atoms with Crippen molar-refractivity contribution in [1.82, 2.24) is 19.9 Å². The van der Waals surface area contributed by atoms with Gasteiger partial charge in [-0.25, -0.2) is 19.6 Å². The first-order valence-electron chi connectivity index (χ1n) is 15.4. The van der Waals surface area contributed by atoms with E-state index in [1.165, 1.54) is 41.8 Å². The molecule has 0 bridgehead atoms. The number of ether oxygens (including phenoxy) is 2. The third-order valence-electron chi connectivity index (χ3n) is 7.56. The van der Waals surface area contributed by atoms with E-state index in [-0.39, 0.29) is 22.5 Å². The summed E-state index contributed by atoms with van der Waals surface area (Å²) >= 11 is 4.85. The smallest absolute Gasteiger partial charge is 0.335 e. The number of pyridine rings is 3. The number of nitrogens with zero attached hydrogens (tertiary/aromatic N) is 4. The lowest BCUT2D eigenvalue weighted by molar-refractivity contribution is 0.0686. The van der Waals surface area contributed by atoms with E-state index in [4.69, 9.17) is 14.5 Å². The van der Waals surface area contributed by atoms with Gasteiger partial charge in [0.15, 0.2) is 0 Å². The van der Waals surface area contributed by atoms with Crippen LogP contribution in [0.5, 0.6) is 11.5 Å². The highest BCUT2D eigenvalue weighted by molar-refractivity contribution is 7.27. The summed E-state index contributed by atoms with van der Waals surface area (Å²) in [5, 5.41) is 24.2. The number of carbonyl (C=O) groups is 2. The fourth-order valence-corrected chi connectivity index (χ4v) is 8.35. The highest BCUT2D eigenvalue weighted by atomic mass is 32.1.